The van der Waals surface area contributed by atoms with E-state index in [9.17, 15) is 4.79 Å². The molecule has 0 aromatic carbocycles. The highest BCUT2D eigenvalue weighted by atomic mass is 16.5. The maximum absolute atomic E-state index is 12.2. The Balaban J connectivity index is 1.69. The van der Waals surface area contributed by atoms with Gasteiger partial charge in [-0.15, -0.1) is 6.58 Å². The third kappa shape index (κ3) is 4.64. The Labute approximate surface area is 124 Å². The second-order valence-electron chi connectivity index (χ2n) is 7.20. The second-order valence-corrected chi connectivity index (χ2v) is 7.20. The van der Waals surface area contributed by atoms with Crippen LogP contribution in [-0.2, 0) is 9.53 Å². The molecule has 0 aliphatic heterocycles. The van der Waals surface area contributed by atoms with Gasteiger partial charge in [-0.2, -0.15) is 0 Å². The summed E-state index contributed by atoms with van der Waals surface area (Å²) in [5.74, 6) is 1.81. The van der Waals surface area contributed by atoms with E-state index in [1.807, 2.05) is 0 Å². The van der Waals surface area contributed by atoms with Crippen molar-refractivity contribution in [2.75, 3.05) is 0 Å². The summed E-state index contributed by atoms with van der Waals surface area (Å²) < 4.78 is 5.76. The molecule has 2 rings (SSSR count). The van der Waals surface area contributed by atoms with Gasteiger partial charge in [0.25, 0.3) is 0 Å². The molecule has 2 nitrogen and oxygen atoms in total. The Hall–Kier alpha value is -0.790. The Morgan fingerprint density at radius 1 is 1.05 bits per heavy atom. The fourth-order valence-corrected chi connectivity index (χ4v) is 3.70. The first kappa shape index (κ1) is 15.6. The van der Waals surface area contributed by atoms with Crippen LogP contribution in [0.1, 0.15) is 71.6 Å². The molecule has 2 saturated carbocycles. The van der Waals surface area contributed by atoms with Crippen LogP contribution in [0.3, 0.4) is 0 Å². The molecule has 0 saturated heterocycles. The maximum atomic E-state index is 12.2. The molecular formula is C18H30O2. The van der Waals surface area contributed by atoms with Crippen molar-refractivity contribution in [2.45, 2.75) is 77.7 Å². The van der Waals surface area contributed by atoms with Gasteiger partial charge < -0.3 is 4.74 Å². The highest BCUT2D eigenvalue weighted by Crippen LogP contribution is 2.33. The van der Waals surface area contributed by atoms with Gasteiger partial charge in [-0.05, 0) is 76.5 Å². The summed E-state index contributed by atoms with van der Waals surface area (Å²) in [5, 5.41) is 0. The summed E-state index contributed by atoms with van der Waals surface area (Å²) in [4.78, 5) is 12.2. The Bertz CT molecular complexity index is 331. The molecule has 20 heavy (non-hydrogen) atoms. The van der Waals surface area contributed by atoms with Crippen molar-refractivity contribution in [1.29, 1.82) is 0 Å². The standard InChI is InChI=1S/C18H30O2/c1-13(2)12-15-6-10-17(11-7-15)20-18(19)16-8-4-14(3)5-9-16/h14-17H,1,4-12H2,2-3H3. The number of hydrogen-bond donors (Lipinski definition) is 0. The van der Waals surface area contributed by atoms with Gasteiger partial charge in [0.15, 0.2) is 0 Å². The van der Waals surface area contributed by atoms with E-state index in [1.54, 1.807) is 0 Å². The zero-order valence-corrected chi connectivity index (χ0v) is 13.2. The molecule has 2 aliphatic carbocycles. The summed E-state index contributed by atoms with van der Waals surface area (Å²) in [6.07, 6.45) is 10.2. The lowest BCUT2D eigenvalue weighted by molar-refractivity contribution is -0.157. The van der Waals surface area contributed by atoms with Gasteiger partial charge >= 0.3 is 5.97 Å². The van der Waals surface area contributed by atoms with Gasteiger partial charge in [-0.3, -0.25) is 4.79 Å². The Kier molecular flexibility index (Phi) is 5.68. The first-order valence-electron chi connectivity index (χ1n) is 8.39. The number of rotatable bonds is 4. The van der Waals surface area contributed by atoms with E-state index in [0.29, 0.717) is 0 Å². The largest absolute Gasteiger partial charge is 0.462 e. The van der Waals surface area contributed by atoms with E-state index in [4.69, 9.17) is 4.74 Å². The lowest BCUT2D eigenvalue weighted by atomic mass is 9.82. The van der Waals surface area contributed by atoms with Crippen molar-refractivity contribution in [1.82, 2.24) is 0 Å². The molecule has 0 aromatic heterocycles. The first-order valence-corrected chi connectivity index (χ1v) is 8.39. The molecule has 0 amide bonds. The molecule has 0 heterocycles. The minimum absolute atomic E-state index is 0.0836. The van der Waals surface area contributed by atoms with Crippen molar-refractivity contribution in [3.63, 3.8) is 0 Å². The molecule has 0 atom stereocenters. The summed E-state index contributed by atoms with van der Waals surface area (Å²) in [6, 6.07) is 0. The molecule has 2 heteroatoms. The van der Waals surface area contributed by atoms with Crippen molar-refractivity contribution < 1.29 is 9.53 Å². The molecule has 0 bridgehead atoms. The first-order chi connectivity index (χ1) is 9.54. The van der Waals surface area contributed by atoms with Crippen molar-refractivity contribution in [3.05, 3.63) is 12.2 Å². The minimum Gasteiger partial charge on any atom is -0.462 e. The molecule has 114 valence electrons. The average molecular weight is 278 g/mol. The monoisotopic (exact) mass is 278 g/mol. The smallest absolute Gasteiger partial charge is 0.309 e. The number of esters is 1. The van der Waals surface area contributed by atoms with Gasteiger partial charge in [-0.1, -0.05) is 12.5 Å². The van der Waals surface area contributed by atoms with Crippen LogP contribution < -0.4 is 0 Å². The van der Waals surface area contributed by atoms with Crippen LogP contribution >= 0.6 is 0 Å². The number of ether oxygens (including phenoxy) is 1. The Morgan fingerprint density at radius 3 is 2.20 bits per heavy atom. The fraction of sp³-hybridized carbons (Fsp3) is 0.833. The van der Waals surface area contributed by atoms with E-state index in [0.717, 1.165) is 43.9 Å². The molecule has 0 aromatic rings. The predicted octanol–water partition coefficient (Wildman–Crippen LogP) is 4.88. The molecule has 0 radical (unpaired) electrons. The van der Waals surface area contributed by atoms with Crippen molar-refractivity contribution in [2.24, 2.45) is 17.8 Å². The quantitative estimate of drug-likeness (QED) is 0.541. The second kappa shape index (κ2) is 7.28. The van der Waals surface area contributed by atoms with Crippen LogP contribution in [-0.4, -0.2) is 12.1 Å². The minimum atomic E-state index is 0.0836. The molecule has 0 unspecified atom stereocenters. The summed E-state index contributed by atoms with van der Waals surface area (Å²) >= 11 is 0. The molecule has 0 N–H and O–H groups in total. The summed E-state index contributed by atoms with van der Waals surface area (Å²) in [7, 11) is 0. The van der Waals surface area contributed by atoms with Gasteiger partial charge in [0.1, 0.15) is 6.10 Å². The van der Waals surface area contributed by atoms with Crippen LogP contribution in [0.25, 0.3) is 0 Å². The van der Waals surface area contributed by atoms with E-state index in [2.05, 4.69) is 20.4 Å². The van der Waals surface area contributed by atoms with E-state index in [1.165, 1.54) is 31.3 Å². The third-order valence-electron chi connectivity index (χ3n) is 5.06. The average Bonchev–Trinajstić information content (AvgIpc) is 2.41. The van der Waals surface area contributed by atoms with Crippen LogP contribution in [0, 0.1) is 17.8 Å². The zero-order chi connectivity index (χ0) is 14.5. The van der Waals surface area contributed by atoms with E-state index in [-0.39, 0.29) is 18.0 Å². The topological polar surface area (TPSA) is 26.3 Å². The highest BCUT2D eigenvalue weighted by Gasteiger charge is 2.29. The third-order valence-corrected chi connectivity index (χ3v) is 5.06. The molecule has 2 aliphatic rings. The van der Waals surface area contributed by atoms with E-state index >= 15 is 0 Å². The number of carbonyl (C=O) groups is 1. The number of carbonyl (C=O) groups excluding carboxylic acids is 1. The van der Waals surface area contributed by atoms with Gasteiger partial charge in [0, 0.05) is 0 Å². The lowest BCUT2D eigenvalue weighted by Gasteiger charge is -2.31. The van der Waals surface area contributed by atoms with E-state index < -0.39 is 0 Å². The van der Waals surface area contributed by atoms with Crippen LogP contribution in [0.4, 0.5) is 0 Å². The number of allylic oxidation sites excluding steroid dienone is 1. The van der Waals surface area contributed by atoms with Crippen molar-refractivity contribution >= 4 is 5.97 Å². The van der Waals surface area contributed by atoms with Crippen LogP contribution in [0.5, 0.6) is 0 Å². The van der Waals surface area contributed by atoms with Crippen LogP contribution in [0.15, 0.2) is 12.2 Å². The van der Waals surface area contributed by atoms with Gasteiger partial charge in [0.05, 0.1) is 5.92 Å². The normalized spacial score (nSPS) is 34.5. The molecule has 2 fully saturated rings. The number of hydrogen-bond acceptors (Lipinski definition) is 2. The lowest BCUT2D eigenvalue weighted by Crippen LogP contribution is -2.29. The maximum Gasteiger partial charge on any atom is 0.309 e. The Morgan fingerprint density at radius 2 is 1.65 bits per heavy atom. The van der Waals surface area contributed by atoms with Crippen molar-refractivity contribution in [3.8, 4) is 0 Å². The predicted molar refractivity (Wildman–Crippen MR) is 82.4 cm³/mol. The van der Waals surface area contributed by atoms with Gasteiger partial charge in [-0.25, -0.2) is 0 Å². The SMILES string of the molecule is C=C(C)CC1CCC(OC(=O)C2CCC(C)CC2)CC1. The zero-order valence-electron chi connectivity index (χ0n) is 13.2. The van der Waals surface area contributed by atoms with Crippen LogP contribution in [0.2, 0.25) is 0 Å². The summed E-state index contributed by atoms with van der Waals surface area (Å²) in [6.45, 7) is 8.39. The molecule has 0 spiro atoms. The molecular weight excluding hydrogens is 248 g/mol. The summed E-state index contributed by atoms with van der Waals surface area (Å²) in [5.41, 5.74) is 1.28. The fourth-order valence-electron chi connectivity index (χ4n) is 3.70. The highest BCUT2D eigenvalue weighted by molar-refractivity contribution is 5.72. The van der Waals surface area contributed by atoms with Gasteiger partial charge in [0.2, 0.25) is 0 Å².